The molecule has 0 aromatic heterocycles. The minimum absolute atomic E-state index is 0.225. The van der Waals surface area contributed by atoms with E-state index in [0.29, 0.717) is 6.04 Å². The van der Waals surface area contributed by atoms with E-state index in [0.717, 1.165) is 6.42 Å². The Morgan fingerprint density at radius 2 is 1.69 bits per heavy atom. The van der Waals surface area contributed by atoms with Crippen molar-refractivity contribution >= 4 is 0 Å². The Morgan fingerprint density at radius 3 is 1.92 bits per heavy atom. The van der Waals surface area contributed by atoms with Gasteiger partial charge >= 0.3 is 0 Å². The van der Waals surface area contributed by atoms with Crippen molar-refractivity contribution in [3.05, 3.63) is 0 Å². The van der Waals surface area contributed by atoms with Crippen molar-refractivity contribution in [1.82, 2.24) is 5.32 Å². The molecule has 1 unspecified atom stereocenters. The lowest BCUT2D eigenvalue weighted by atomic mass is 10.1. The van der Waals surface area contributed by atoms with Gasteiger partial charge in [-0.1, -0.05) is 20.8 Å². The molecular formula is C10H23NO2. The summed E-state index contributed by atoms with van der Waals surface area (Å²) < 4.78 is 10.7. The van der Waals surface area contributed by atoms with Gasteiger partial charge in [0.1, 0.15) is 0 Å². The Labute approximate surface area is 81.8 Å². The van der Waals surface area contributed by atoms with Crippen LogP contribution in [0.25, 0.3) is 0 Å². The molecule has 0 saturated carbocycles. The van der Waals surface area contributed by atoms with Crippen molar-refractivity contribution in [2.24, 2.45) is 0 Å². The normalized spacial score (nSPS) is 15.0. The number of ether oxygens (including phenoxy) is 2. The second kappa shape index (κ2) is 5.58. The predicted molar refractivity (Wildman–Crippen MR) is 54.8 cm³/mol. The van der Waals surface area contributed by atoms with Crippen LogP contribution in [0.4, 0.5) is 0 Å². The minimum Gasteiger partial charge on any atom is -0.352 e. The first-order valence-corrected chi connectivity index (χ1v) is 4.86. The number of hydrogen-bond acceptors (Lipinski definition) is 3. The molecule has 0 aliphatic carbocycles. The Hall–Kier alpha value is -0.120. The summed E-state index contributed by atoms with van der Waals surface area (Å²) in [5, 5.41) is 3.42. The van der Waals surface area contributed by atoms with Crippen molar-refractivity contribution in [1.29, 1.82) is 0 Å². The summed E-state index contributed by atoms with van der Waals surface area (Å²) in [6.07, 6.45) is 0.982. The molecule has 0 saturated heterocycles. The molecule has 0 bridgehead atoms. The van der Waals surface area contributed by atoms with Gasteiger partial charge in [-0.25, -0.2) is 0 Å². The molecule has 3 nitrogen and oxygen atoms in total. The average molecular weight is 189 g/mol. The molecule has 0 fully saturated rings. The molecule has 0 radical (unpaired) electrons. The number of methoxy groups -OCH3 is 2. The van der Waals surface area contributed by atoms with Gasteiger partial charge in [0.25, 0.3) is 0 Å². The summed E-state index contributed by atoms with van der Waals surface area (Å²) in [6, 6.07) is 0.664. The first-order valence-electron chi connectivity index (χ1n) is 4.86. The Balaban J connectivity index is 4.34. The van der Waals surface area contributed by atoms with E-state index >= 15 is 0 Å². The predicted octanol–water partition coefficient (Wildman–Crippen LogP) is 1.77. The quantitative estimate of drug-likeness (QED) is 0.646. The van der Waals surface area contributed by atoms with Crippen molar-refractivity contribution in [3.63, 3.8) is 0 Å². The zero-order valence-corrected chi connectivity index (χ0v) is 9.68. The van der Waals surface area contributed by atoms with Gasteiger partial charge in [0, 0.05) is 20.3 Å². The summed E-state index contributed by atoms with van der Waals surface area (Å²) in [5.41, 5.74) is 0. The molecule has 13 heavy (non-hydrogen) atoms. The van der Waals surface area contributed by atoms with E-state index in [-0.39, 0.29) is 6.04 Å². The molecule has 0 aromatic rings. The molecule has 1 N–H and O–H groups in total. The standard InChI is InChI=1S/C10H23NO2/c1-7-9(11-8(2)3)10(4,12-5)13-6/h8-9,11H,7H2,1-6H3. The maximum Gasteiger partial charge on any atom is 0.180 e. The van der Waals surface area contributed by atoms with Crippen LogP contribution in [0.5, 0.6) is 0 Å². The van der Waals surface area contributed by atoms with Gasteiger partial charge in [-0.05, 0) is 13.3 Å². The van der Waals surface area contributed by atoms with Crippen molar-refractivity contribution in [2.45, 2.75) is 52.0 Å². The topological polar surface area (TPSA) is 30.5 Å². The van der Waals surface area contributed by atoms with E-state index in [1.807, 2.05) is 6.92 Å². The van der Waals surface area contributed by atoms with E-state index in [2.05, 4.69) is 26.1 Å². The number of rotatable bonds is 6. The highest BCUT2D eigenvalue weighted by molar-refractivity contribution is 4.81. The molecule has 0 heterocycles. The van der Waals surface area contributed by atoms with Gasteiger partial charge in [0.15, 0.2) is 5.79 Å². The maximum absolute atomic E-state index is 5.36. The molecule has 0 amide bonds. The maximum atomic E-state index is 5.36. The van der Waals surface area contributed by atoms with Gasteiger partial charge in [-0.2, -0.15) is 0 Å². The third-order valence-electron chi connectivity index (χ3n) is 2.39. The highest BCUT2D eigenvalue weighted by Gasteiger charge is 2.33. The summed E-state index contributed by atoms with van der Waals surface area (Å²) in [7, 11) is 3.35. The summed E-state index contributed by atoms with van der Waals surface area (Å²) in [4.78, 5) is 0. The van der Waals surface area contributed by atoms with Crippen molar-refractivity contribution < 1.29 is 9.47 Å². The number of hydrogen-bond donors (Lipinski definition) is 1. The molecule has 0 aromatic carbocycles. The summed E-state index contributed by atoms with van der Waals surface area (Å²) >= 11 is 0. The lowest BCUT2D eigenvalue weighted by Gasteiger charge is -2.36. The first-order chi connectivity index (χ1) is 6.00. The molecule has 0 aliphatic rings. The van der Waals surface area contributed by atoms with Crippen LogP contribution < -0.4 is 5.32 Å². The van der Waals surface area contributed by atoms with Crippen LogP contribution in [-0.2, 0) is 9.47 Å². The lowest BCUT2D eigenvalue weighted by molar-refractivity contribution is -0.213. The van der Waals surface area contributed by atoms with E-state index in [1.165, 1.54) is 0 Å². The lowest BCUT2D eigenvalue weighted by Crippen LogP contribution is -2.53. The third-order valence-corrected chi connectivity index (χ3v) is 2.39. The molecule has 0 rings (SSSR count). The molecule has 80 valence electrons. The van der Waals surface area contributed by atoms with Crippen LogP contribution in [-0.4, -0.2) is 32.1 Å². The van der Waals surface area contributed by atoms with E-state index in [4.69, 9.17) is 9.47 Å². The number of nitrogens with one attached hydrogen (secondary N) is 1. The molecule has 1 atom stereocenters. The molecular weight excluding hydrogens is 166 g/mol. The van der Waals surface area contributed by atoms with Gasteiger partial charge in [0.05, 0.1) is 6.04 Å². The fourth-order valence-corrected chi connectivity index (χ4v) is 1.41. The van der Waals surface area contributed by atoms with Crippen LogP contribution in [0.3, 0.4) is 0 Å². The van der Waals surface area contributed by atoms with Crippen molar-refractivity contribution in [3.8, 4) is 0 Å². The second-order valence-corrected chi connectivity index (χ2v) is 3.71. The van der Waals surface area contributed by atoms with Gasteiger partial charge in [-0.15, -0.1) is 0 Å². The molecule has 0 spiro atoms. The van der Waals surface area contributed by atoms with Crippen LogP contribution in [0.15, 0.2) is 0 Å². The fraction of sp³-hybridized carbons (Fsp3) is 1.00. The summed E-state index contributed by atoms with van der Waals surface area (Å²) in [6.45, 7) is 8.32. The monoisotopic (exact) mass is 189 g/mol. The van der Waals surface area contributed by atoms with E-state index in [1.54, 1.807) is 14.2 Å². The SMILES string of the molecule is CCC(NC(C)C)C(C)(OC)OC. The minimum atomic E-state index is -0.529. The Morgan fingerprint density at radius 1 is 1.23 bits per heavy atom. The van der Waals surface area contributed by atoms with E-state index < -0.39 is 5.79 Å². The van der Waals surface area contributed by atoms with Crippen LogP contribution >= 0.6 is 0 Å². The Kier molecular flexibility index (Phi) is 5.53. The average Bonchev–Trinajstić information content (AvgIpc) is 2.12. The van der Waals surface area contributed by atoms with Crippen molar-refractivity contribution in [2.75, 3.05) is 14.2 Å². The van der Waals surface area contributed by atoms with Crippen LogP contribution in [0.1, 0.15) is 34.1 Å². The largest absolute Gasteiger partial charge is 0.352 e. The van der Waals surface area contributed by atoms with Gasteiger partial charge in [0.2, 0.25) is 0 Å². The zero-order valence-electron chi connectivity index (χ0n) is 9.68. The van der Waals surface area contributed by atoms with Gasteiger partial charge in [-0.3, -0.25) is 0 Å². The Bertz CT molecular complexity index is 133. The fourth-order valence-electron chi connectivity index (χ4n) is 1.41. The first kappa shape index (κ1) is 12.9. The highest BCUT2D eigenvalue weighted by atomic mass is 16.7. The highest BCUT2D eigenvalue weighted by Crippen LogP contribution is 2.18. The van der Waals surface area contributed by atoms with Crippen LogP contribution in [0.2, 0.25) is 0 Å². The van der Waals surface area contributed by atoms with Gasteiger partial charge < -0.3 is 14.8 Å². The van der Waals surface area contributed by atoms with E-state index in [9.17, 15) is 0 Å². The third kappa shape index (κ3) is 3.63. The second-order valence-electron chi connectivity index (χ2n) is 3.71. The smallest absolute Gasteiger partial charge is 0.180 e. The molecule has 0 aliphatic heterocycles. The zero-order chi connectivity index (χ0) is 10.5. The van der Waals surface area contributed by atoms with Crippen LogP contribution in [0, 0.1) is 0 Å². The summed E-state index contributed by atoms with van der Waals surface area (Å²) in [5.74, 6) is -0.529. The molecule has 3 heteroatoms.